The molecule has 2 heterocycles. The normalized spacial score (nSPS) is 13.5. The molecule has 1 N–H and O–H groups in total. The minimum atomic E-state index is -0.339. The molecule has 1 aliphatic rings. The van der Waals surface area contributed by atoms with Crippen molar-refractivity contribution < 1.29 is 0 Å². The van der Waals surface area contributed by atoms with Crippen molar-refractivity contribution in [2.24, 2.45) is 9.98 Å². The summed E-state index contributed by atoms with van der Waals surface area (Å²) in [5.41, 5.74) is 10.00. The van der Waals surface area contributed by atoms with E-state index in [1.807, 2.05) is 146 Å². The van der Waals surface area contributed by atoms with Crippen LogP contribution in [0.3, 0.4) is 0 Å². The van der Waals surface area contributed by atoms with Gasteiger partial charge in [-0.25, -0.2) is 24.9 Å². The number of rotatable bonds is 8. The van der Waals surface area contributed by atoms with Gasteiger partial charge in [-0.1, -0.05) is 170 Å². The summed E-state index contributed by atoms with van der Waals surface area (Å²) in [5, 5.41) is 13.3. The van der Waals surface area contributed by atoms with Crippen molar-refractivity contribution in [1.29, 1.82) is 5.26 Å². The average molecular weight is 720 g/mol. The molecule has 1 atom stereocenters. The number of benzene rings is 7. The summed E-state index contributed by atoms with van der Waals surface area (Å²) in [4.78, 5) is 25.1. The molecule has 7 nitrogen and oxygen atoms in total. The van der Waals surface area contributed by atoms with Gasteiger partial charge in [-0.05, 0) is 46.0 Å². The van der Waals surface area contributed by atoms with Gasteiger partial charge in [0.2, 0.25) is 0 Å². The van der Waals surface area contributed by atoms with Gasteiger partial charge < -0.3 is 5.32 Å². The molecule has 0 spiro atoms. The number of nitrogens with zero attached hydrogens (tertiary/aromatic N) is 6. The zero-order chi connectivity index (χ0) is 37.7. The van der Waals surface area contributed by atoms with E-state index in [9.17, 15) is 5.26 Å². The monoisotopic (exact) mass is 719 g/mol. The smallest absolute Gasteiger partial charge is 0.164 e. The Morgan fingerprint density at radius 3 is 1.50 bits per heavy atom. The highest BCUT2D eigenvalue weighted by atomic mass is 15.2. The second-order valence-electron chi connectivity index (χ2n) is 13.3. The Labute approximate surface area is 325 Å². The Kier molecular flexibility index (Phi) is 9.26. The zero-order valence-corrected chi connectivity index (χ0v) is 30.2. The van der Waals surface area contributed by atoms with Gasteiger partial charge in [0.1, 0.15) is 12.0 Å². The number of hydrogen-bond donors (Lipinski definition) is 1. The number of aliphatic imine (C=N–C) groups is 2. The highest BCUT2D eigenvalue weighted by Crippen LogP contribution is 2.38. The molecule has 1 aliphatic heterocycles. The van der Waals surface area contributed by atoms with Crippen molar-refractivity contribution in [1.82, 2.24) is 20.3 Å². The fourth-order valence-electron chi connectivity index (χ4n) is 6.85. The topological polar surface area (TPSA) is 99.2 Å². The lowest BCUT2D eigenvalue weighted by Crippen LogP contribution is -2.34. The van der Waals surface area contributed by atoms with Crippen LogP contribution in [0.4, 0.5) is 0 Å². The largest absolute Gasteiger partial charge is 0.344 e. The van der Waals surface area contributed by atoms with Crippen molar-refractivity contribution in [2.45, 2.75) is 6.17 Å². The van der Waals surface area contributed by atoms with Gasteiger partial charge in [-0.15, -0.1) is 0 Å². The summed E-state index contributed by atoms with van der Waals surface area (Å²) in [5.74, 6) is 3.11. The molecule has 0 amide bonds. The van der Waals surface area contributed by atoms with Crippen molar-refractivity contribution in [2.75, 3.05) is 0 Å². The van der Waals surface area contributed by atoms with Crippen molar-refractivity contribution in [3.8, 4) is 62.5 Å². The van der Waals surface area contributed by atoms with Gasteiger partial charge in [0, 0.05) is 27.8 Å². The Balaban J connectivity index is 1.21. The van der Waals surface area contributed by atoms with E-state index in [4.69, 9.17) is 24.9 Å². The molecule has 0 saturated heterocycles. The van der Waals surface area contributed by atoms with E-state index in [0.717, 1.165) is 61.5 Å². The van der Waals surface area contributed by atoms with Crippen LogP contribution < -0.4 is 5.32 Å². The van der Waals surface area contributed by atoms with Crippen LogP contribution in [0.15, 0.2) is 198 Å². The first-order valence-electron chi connectivity index (χ1n) is 18.4. The molecule has 7 heteroatoms. The van der Waals surface area contributed by atoms with Crippen LogP contribution in [0.25, 0.3) is 56.4 Å². The molecule has 1 aromatic heterocycles. The average Bonchev–Trinajstić information content (AvgIpc) is 3.29. The van der Waals surface area contributed by atoms with Crippen LogP contribution in [0.2, 0.25) is 0 Å². The molecule has 1 unspecified atom stereocenters. The molecule has 0 aliphatic carbocycles. The Morgan fingerprint density at radius 2 is 0.911 bits per heavy atom. The molecule has 0 fully saturated rings. The second kappa shape index (κ2) is 15.3. The molecule has 0 radical (unpaired) electrons. The molecule has 8 aromatic rings. The number of nitriles is 1. The maximum absolute atomic E-state index is 9.65. The number of amidine groups is 2. The summed E-state index contributed by atoms with van der Waals surface area (Å²) in [6.45, 7) is 0. The first-order valence-corrected chi connectivity index (χ1v) is 18.4. The van der Waals surface area contributed by atoms with Crippen LogP contribution >= 0.6 is 0 Å². The SMILES string of the molecule is N#Cc1ccc(-c2cc(-c3nc(-c4ccccc4)nc(-c4ccccc4)n3)ccc2-c2ccccc2C2=NC(c3ccccc3)=NC(c3ccccc3)N2)cc1. The van der Waals surface area contributed by atoms with E-state index >= 15 is 0 Å². The number of aromatic nitrogens is 3. The number of nitrogens with one attached hydrogen (secondary N) is 1. The Bertz CT molecular complexity index is 2700. The second-order valence-corrected chi connectivity index (χ2v) is 13.3. The van der Waals surface area contributed by atoms with E-state index in [-0.39, 0.29) is 6.17 Å². The van der Waals surface area contributed by atoms with E-state index in [0.29, 0.717) is 28.9 Å². The Hall–Kier alpha value is -7.82. The summed E-state index contributed by atoms with van der Waals surface area (Å²) in [6, 6.07) is 64.8. The van der Waals surface area contributed by atoms with E-state index in [1.165, 1.54) is 0 Å². The lowest BCUT2D eigenvalue weighted by atomic mass is 9.89. The lowest BCUT2D eigenvalue weighted by Gasteiger charge is -2.25. The highest BCUT2D eigenvalue weighted by molar-refractivity contribution is 6.15. The Morgan fingerprint density at radius 1 is 0.429 bits per heavy atom. The third kappa shape index (κ3) is 6.98. The maximum atomic E-state index is 9.65. The molecule has 9 rings (SSSR count). The van der Waals surface area contributed by atoms with Crippen molar-refractivity contribution >= 4 is 11.7 Å². The van der Waals surface area contributed by atoms with Gasteiger partial charge in [0.15, 0.2) is 23.3 Å². The van der Waals surface area contributed by atoms with Gasteiger partial charge in [0.05, 0.1) is 11.6 Å². The molecule has 264 valence electrons. The molecule has 56 heavy (non-hydrogen) atoms. The van der Waals surface area contributed by atoms with Gasteiger partial charge in [0.25, 0.3) is 0 Å². The molecule has 7 aromatic carbocycles. The van der Waals surface area contributed by atoms with Crippen LogP contribution in [0.5, 0.6) is 0 Å². The van der Waals surface area contributed by atoms with Crippen LogP contribution in [-0.2, 0) is 0 Å². The van der Waals surface area contributed by atoms with Gasteiger partial charge in [-0.3, -0.25) is 0 Å². The first kappa shape index (κ1) is 34.0. The summed E-state index contributed by atoms with van der Waals surface area (Å²) < 4.78 is 0. The number of hydrogen-bond acceptors (Lipinski definition) is 7. The van der Waals surface area contributed by atoms with Gasteiger partial charge in [-0.2, -0.15) is 5.26 Å². The standard InChI is InChI=1S/C49H33N7/c50-32-33-25-27-34(28-26-33)43-31-39(48-53-44(35-15-5-1-6-16-35)51-45(54-48)36-17-7-2-8-18-36)29-30-41(43)40-23-13-14-24-42(40)49-55-46(37-19-9-3-10-20-37)52-47(56-49)38-21-11-4-12-22-38/h1-31,46H,(H,52,55,56). The van der Waals surface area contributed by atoms with E-state index in [1.54, 1.807) is 0 Å². The van der Waals surface area contributed by atoms with E-state index < -0.39 is 0 Å². The van der Waals surface area contributed by atoms with Crippen LogP contribution in [-0.4, -0.2) is 26.6 Å². The van der Waals surface area contributed by atoms with Crippen LogP contribution in [0.1, 0.15) is 28.4 Å². The quantitative estimate of drug-likeness (QED) is 0.169. The zero-order valence-electron chi connectivity index (χ0n) is 30.2. The lowest BCUT2D eigenvalue weighted by molar-refractivity contribution is 0.674. The fraction of sp³-hybridized carbons (Fsp3) is 0.0204. The van der Waals surface area contributed by atoms with Crippen LogP contribution in [0, 0.1) is 11.3 Å². The van der Waals surface area contributed by atoms with Crippen molar-refractivity contribution in [3.63, 3.8) is 0 Å². The predicted molar refractivity (Wildman–Crippen MR) is 224 cm³/mol. The van der Waals surface area contributed by atoms with E-state index in [2.05, 4.69) is 53.9 Å². The third-order valence-corrected chi connectivity index (χ3v) is 9.66. The highest BCUT2D eigenvalue weighted by Gasteiger charge is 2.24. The minimum Gasteiger partial charge on any atom is -0.344 e. The summed E-state index contributed by atoms with van der Waals surface area (Å²) in [6.07, 6.45) is -0.339. The molecular formula is C49H33N7. The maximum Gasteiger partial charge on any atom is 0.164 e. The molecular weight excluding hydrogens is 687 g/mol. The minimum absolute atomic E-state index is 0.339. The summed E-state index contributed by atoms with van der Waals surface area (Å²) in [7, 11) is 0. The first-order chi connectivity index (χ1) is 27.7. The fourth-order valence-corrected chi connectivity index (χ4v) is 6.85. The predicted octanol–water partition coefficient (Wildman–Crippen LogP) is 10.6. The van der Waals surface area contributed by atoms with Gasteiger partial charge >= 0.3 is 0 Å². The molecule has 0 saturated carbocycles. The van der Waals surface area contributed by atoms with Crippen molar-refractivity contribution in [3.05, 3.63) is 210 Å². The molecule has 0 bridgehead atoms. The third-order valence-electron chi connectivity index (χ3n) is 9.66. The summed E-state index contributed by atoms with van der Waals surface area (Å²) >= 11 is 0.